The lowest BCUT2D eigenvalue weighted by Gasteiger charge is -2.46. The van der Waals surface area contributed by atoms with Crippen LogP contribution < -0.4 is 0 Å². The Morgan fingerprint density at radius 3 is 2.67 bits per heavy atom. The number of benzene rings is 1. The van der Waals surface area contributed by atoms with Crippen LogP contribution >= 0.6 is 0 Å². The van der Waals surface area contributed by atoms with Gasteiger partial charge in [-0.3, -0.25) is 4.79 Å². The maximum absolute atomic E-state index is 16.3. The number of dihydropyridines is 1. The van der Waals surface area contributed by atoms with Crippen molar-refractivity contribution < 1.29 is 18.3 Å². The molecule has 5 aliphatic rings. The van der Waals surface area contributed by atoms with Crippen molar-refractivity contribution in [2.24, 2.45) is 10.9 Å². The number of piperazine rings is 1. The summed E-state index contributed by atoms with van der Waals surface area (Å²) in [4.78, 5) is 23.3. The van der Waals surface area contributed by atoms with Gasteiger partial charge in [0.2, 0.25) is 5.90 Å². The highest BCUT2D eigenvalue weighted by Gasteiger charge is 2.42. The standard InChI is InChI=1S/C36H40F2N6O2/c1-23(37)36(45)44-18-17-43(21-25(44)12-14-39)34-29(13-15-40)35(46-22-26-9-6-16-42(26)2)41-33-20-30(32(38)19-31(33)34)28-11-5-8-24-7-3-4-10-27(24)28/h5,8,11,19-20,25-26,31,33H,1,3-4,6-7,9-10,12-13,16-18,21-22H2,2H3. The SMILES string of the molecule is C=C(F)C(=O)N1CCN(C2=C(CC#N)C(OCC3CCCN3C)=NC3C=C(c4cccc5c4CCCC5)C(F)=CC23)CC1CC#N. The summed E-state index contributed by atoms with van der Waals surface area (Å²) in [7, 11) is 2.07. The molecule has 0 radical (unpaired) electrons. The average molecular weight is 627 g/mol. The molecule has 1 amide bonds. The highest BCUT2D eigenvalue weighted by atomic mass is 19.1. The topological polar surface area (TPSA) is 96.0 Å². The van der Waals surface area contributed by atoms with Gasteiger partial charge < -0.3 is 19.4 Å². The normalized spacial score (nSPS) is 26.2. The number of hydrogen-bond acceptors (Lipinski definition) is 7. The number of rotatable bonds is 7. The molecule has 3 heterocycles. The summed E-state index contributed by atoms with van der Waals surface area (Å²) in [6, 6.07) is 9.63. The molecule has 1 aromatic carbocycles. The van der Waals surface area contributed by atoms with Gasteiger partial charge in [-0.05, 0) is 81.0 Å². The van der Waals surface area contributed by atoms with Gasteiger partial charge >= 0.3 is 0 Å². The van der Waals surface area contributed by atoms with Crippen molar-refractivity contribution in [3.63, 3.8) is 0 Å². The molecule has 2 aliphatic carbocycles. The van der Waals surface area contributed by atoms with Crippen LogP contribution in [-0.4, -0.2) is 84.5 Å². The number of fused-ring (bicyclic) bond motifs is 2. The number of hydrogen-bond donors (Lipinski definition) is 0. The Hall–Kier alpha value is -4.28. The lowest BCUT2D eigenvalue weighted by molar-refractivity contribution is -0.133. The molecule has 1 aromatic rings. The number of aryl methyl sites for hydroxylation is 1. The Labute approximate surface area is 269 Å². The molecular weight excluding hydrogens is 586 g/mol. The molecule has 2 fully saturated rings. The van der Waals surface area contributed by atoms with Gasteiger partial charge in [0.05, 0.1) is 37.1 Å². The van der Waals surface area contributed by atoms with E-state index in [1.807, 2.05) is 23.1 Å². The quantitative estimate of drug-likeness (QED) is 0.376. The molecule has 0 aromatic heterocycles. The van der Waals surface area contributed by atoms with Crippen LogP contribution in [0.4, 0.5) is 8.78 Å². The molecule has 6 rings (SSSR count). The van der Waals surface area contributed by atoms with Gasteiger partial charge in [0.25, 0.3) is 5.91 Å². The zero-order valence-corrected chi connectivity index (χ0v) is 26.4. The number of carbonyl (C=O) groups is 1. The van der Waals surface area contributed by atoms with Gasteiger partial charge in [-0.25, -0.2) is 13.8 Å². The minimum atomic E-state index is -1.07. The number of nitriles is 2. The molecule has 8 nitrogen and oxygen atoms in total. The molecule has 4 unspecified atom stereocenters. The number of likely N-dealkylation sites (N-methyl/N-ethyl adjacent to an activating group) is 1. The number of allylic oxidation sites excluding steroid dienone is 2. The fourth-order valence-corrected chi connectivity index (χ4v) is 7.75. The first-order valence-corrected chi connectivity index (χ1v) is 16.3. The van der Waals surface area contributed by atoms with Crippen molar-refractivity contribution in [1.29, 1.82) is 10.5 Å². The number of nitrogens with zero attached hydrogens (tertiary/aromatic N) is 6. The molecule has 0 bridgehead atoms. The maximum atomic E-state index is 16.3. The van der Waals surface area contributed by atoms with Crippen molar-refractivity contribution in [1.82, 2.24) is 14.7 Å². The number of likely N-dealkylation sites (tertiary alicyclic amines) is 1. The summed E-state index contributed by atoms with van der Waals surface area (Å²) < 4.78 is 36.7. The Balaban J connectivity index is 1.41. The van der Waals surface area contributed by atoms with E-state index in [2.05, 4.69) is 36.7 Å². The number of aliphatic imine (C=N–C) groups is 1. The molecule has 3 aliphatic heterocycles. The van der Waals surface area contributed by atoms with Crippen molar-refractivity contribution in [3.05, 3.63) is 76.5 Å². The van der Waals surface area contributed by atoms with E-state index in [9.17, 15) is 19.7 Å². The highest BCUT2D eigenvalue weighted by molar-refractivity contribution is 5.97. The van der Waals surface area contributed by atoms with Gasteiger partial charge in [-0.2, -0.15) is 10.5 Å². The zero-order chi connectivity index (χ0) is 32.4. The molecule has 0 spiro atoms. The molecule has 46 heavy (non-hydrogen) atoms. The van der Waals surface area contributed by atoms with E-state index in [4.69, 9.17) is 9.73 Å². The van der Waals surface area contributed by atoms with Gasteiger partial charge in [0, 0.05) is 48.4 Å². The predicted octanol–water partition coefficient (Wildman–Crippen LogP) is 5.40. The molecule has 10 heteroatoms. The molecule has 0 saturated carbocycles. The number of amides is 1. The van der Waals surface area contributed by atoms with Crippen LogP contribution in [0.5, 0.6) is 0 Å². The Morgan fingerprint density at radius 2 is 1.93 bits per heavy atom. The van der Waals surface area contributed by atoms with Crippen molar-refractivity contribution >= 4 is 17.4 Å². The molecule has 4 atom stereocenters. The highest BCUT2D eigenvalue weighted by Crippen LogP contribution is 2.43. The Morgan fingerprint density at radius 1 is 1.11 bits per heavy atom. The van der Waals surface area contributed by atoms with Crippen LogP contribution in [0.3, 0.4) is 0 Å². The minimum Gasteiger partial charge on any atom is -0.476 e. The zero-order valence-electron chi connectivity index (χ0n) is 26.4. The summed E-state index contributed by atoms with van der Waals surface area (Å²) in [5.41, 5.74) is 5.19. The molecule has 0 N–H and O–H groups in total. The summed E-state index contributed by atoms with van der Waals surface area (Å²) in [6.45, 7) is 5.26. The smallest absolute Gasteiger partial charge is 0.282 e. The Bertz CT molecular complexity index is 1610. The summed E-state index contributed by atoms with van der Waals surface area (Å²) in [6.07, 6.45) is 9.67. The monoisotopic (exact) mass is 626 g/mol. The number of ether oxygens (including phenoxy) is 1. The first-order valence-electron chi connectivity index (χ1n) is 16.3. The second-order valence-corrected chi connectivity index (χ2v) is 12.8. The van der Waals surface area contributed by atoms with Gasteiger partial charge in [0.1, 0.15) is 12.4 Å². The molecular formula is C36H40F2N6O2. The third kappa shape index (κ3) is 6.11. The van der Waals surface area contributed by atoms with Crippen molar-refractivity contribution in [3.8, 4) is 12.1 Å². The van der Waals surface area contributed by atoms with E-state index in [0.29, 0.717) is 35.9 Å². The fourth-order valence-electron chi connectivity index (χ4n) is 7.75. The Kier molecular flexibility index (Phi) is 9.37. The molecule has 240 valence electrons. The van der Waals surface area contributed by atoms with Gasteiger partial charge in [0.15, 0.2) is 5.83 Å². The molecule has 2 saturated heterocycles. The lowest BCUT2D eigenvalue weighted by atomic mass is 9.79. The number of halogens is 2. The van der Waals surface area contributed by atoms with Crippen LogP contribution in [0, 0.1) is 28.6 Å². The average Bonchev–Trinajstić information content (AvgIpc) is 3.47. The fraction of sp³-hybridized carbons (Fsp3) is 0.500. The van der Waals surface area contributed by atoms with E-state index < -0.39 is 29.7 Å². The third-order valence-corrected chi connectivity index (χ3v) is 10.1. The summed E-state index contributed by atoms with van der Waals surface area (Å²) in [5, 5.41) is 19.6. The van der Waals surface area contributed by atoms with Gasteiger partial charge in [-0.1, -0.05) is 24.8 Å². The van der Waals surface area contributed by atoms with E-state index >= 15 is 4.39 Å². The second kappa shape index (κ2) is 13.6. The van der Waals surface area contributed by atoms with E-state index in [-0.39, 0.29) is 37.8 Å². The number of carbonyl (C=O) groups excluding carboxylic acids is 1. The van der Waals surface area contributed by atoms with Crippen molar-refractivity contribution in [2.75, 3.05) is 39.8 Å². The first-order chi connectivity index (χ1) is 22.3. The maximum Gasteiger partial charge on any atom is 0.282 e. The predicted molar refractivity (Wildman–Crippen MR) is 171 cm³/mol. The third-order valence-electron chi connectivity index (χ3n) is 10.1. The minimum absolute atomic E-state index is 0.000532. The lowest BCUT2D eigenvalue weighted by Crippen LogP contribution is -2.56. The van der Waals surface area contributed by atoms with Crippen molar-refractivity contribution in [2.45, 2.75) is 69.5 Å². The largest absolute Gasteiger partial charge is 0.476 e. The summed E-state index contributed by atoms with van der Waals surface area (Å²) >= 11 is 0. The van der Waals surface area contributed by atoms with E-state index in [0.717, 1.165) is 50.6 Å². The second-order valence-electron chi connectivity index (χ2n) is 12.8. The van der Waals surface area contributed by atoms with E-state index in [1.165, 1.54) is 16.0 Å². The van der Waals surface area contributed by atoms with Crippen LogP contribution in [0.25, 0.3) is 5.57 Å². The first kappa shape index (κ1) is 31.7. The van der Waals surface area contributed by atoms with Gasteiger partial charge in [-0.15, -0.1) is 0 Å². The van der Waals surface area contributed by atoms with Crippen LogP contribution in [0.2, 0.25) is 0 Å². The van der Waals surface area contributed by atoms with E-state index in [1.54, 1.807) is 6.08 Å². The summed E-state index contributed by atoms with van der Waals surface area (Å²) in [5.74, 6) is -2.38. The van der Waals surface area contributed by atoms with Crippen LogP contribution in [-0.2, 0) is 22.4 Å². The van der Waals surface area contributed by atoms with Crippen LogP contribution in [0.15, 0.2) is 64.8 Å². The van der Waals surface area contributed by atoms with Crippen LogP contribution in [0.1, 0.15) is 55.2 Å².